The van der Waals surface area contributed by atoms with Gasteiger partial charge < -0.3 is 4.74 Å². The number of nitrogens with zero attached hydrogens (tertiary/aromatic N) is 2. The molecular formula is C28H28N2O5S. The minimum atomic E-state index is -3.96. The molecule has 1 aliphatic carbocycles. The van der Waals surface area contributed by atoms with E-state index in [1.807, 2.05) is 42.5 Å². The smallest absolute Gasteiger partial charge is 0.269 e. The Kier molecular flexibility index (Phi) is 6.28. The van der Waals surface area contributed by atoms with Crippen molar-refractivity contribution in [3.05, 3.63) is 118 Å². The molecule has 0 radical (unpaired) electrons. The van der Waals surface area contributed by atoms with E-state index in [0.717, 1.165) is 0 Å². The topological polar surface area (TPSA) is 89.8 Å². The van der Waals surface area contributed by atoms with Crippen molar-refractivity contribution in [2.45, 2.75) is 42.3 Å². The van der Waals surface area contributed by atoms with Gasteiger partial charge in [-0.3, -0.25) is 10.1 Å². The Morgan fingerprint density at radius 3 is 1.92 bits per heavy atom. The highest BCUT2D eigenvalue weighted by Gasteiger charge is 2.51. The molecule has 3 aromatic carbocycles. The first-order valence-electron chi connectivity index (χ1n) is 11.9. The van der Waals surface area contributed by atoms with Crippen molar-refractivity contribution in [1.29, 1.82) is 0 Å². The van der Waals surface area contributed by atoms with Gasteiger partial charge in [0.2, 0.25) is 10.0 Å². The molecule has 1 saturated heterocycles. The number of hydrogen-bond acceptors (Lipinski definition) is 5. The zero-order chi connectivity index (χ0) is 25.5. The number of allylic oxidation sites excluding steroid dienone is 1. The van der Waals surface area contributed by atoms with E-state index >= 15 is 0 Å². The van der Waals surface area contributed by atoms with Crippen molar-refractivity contribution in [3.63, 3.8) is 0 Å². The molecule has 0 bridgehead atoms. The van der Waals surface area contributed by atoms with Gasteiger partial charge in [0.1, 0.15) is 5.72 Å². The minimum absolute atomic E-state index is 0.000760. The summed E-state index contributed by atoms with van der Waals surface area (Å²) < 4.78 is 34.5. The van der Waals surface area contributed by atoms with E-state index in [4.69, 9.17) is 4.74 Å². The van der Waals surface area contributed by atoms with Gasteiger partial charge in [-0.05, 0) is 54.9 Å². The van der Waals surface area contributed by atoms with Crippen LogP contribution in [-0.4, -0.2) is 36.0 Å². The van der Waals surface area contributed by atoms with Gasteiger partial charge in [-0.2, -0.15) is 4.31 Å². The number of nitro groups is 1. The average molecular weight is 505 g/mol. The van der Waals surface area contributed by atoms with Gasteiger partial charge in [0.15, 0.2) is 0 Å². The predicted molar refractivity (Wildman–Crippen MR) is 137 cm³/mol. The third kappa shape index (κ3) is 4.48. The molecule has 3 aromatic rings. The van der Waals surface area contributed by atoms with E-state index < -0.39 is 26.7 Å². The number of rotatable bonds is 7. The van der Waals surface area contributed by atoms with Crippen molar-refractivity contribution in [2.24, 2.45) is 5.92 Å². The van der Waals surface area contributed by atoms with Crippen LogP contribution in [0.2, 0.25) is 0 Å². The summed E-state index contributed by atoms with van der Waals surface area (Å²) in [5.41, 5.74) is 1.31. The van der Waals surface area contributed by atoms with Crippen LogP contribution in [0.15, 0.2) is 102 Å². The monoisotopic (exact) mass is 504 g/mol. The van der Waals surface area contributed by atoms with Crippen molar-refractivity contribution >= 4 is 15.7 Å². The summed E-state index contributed by atoms with van der Waals surface area (Å²) in [6.07, 6.45) is 4.07. The highest BCUT2D eigenvalue weighted by Crippen LogP contribution is 2.61. The standard InChI is InChI=1S/C28H28N2O5S/c1-28(2)29(36(33,34)24-16-13-22(14-17-24)30(31)32)23(19-35-28)15-18-25-26(20-9-5-3-6-10-20)27(25)21-11-7-4-8-12-21/h3-18,23,25-27H,19H2,1-2H3/b18-15+/t23-,26+,27+/m0/s1. The van der Waals surface area contributed by atoms with Crippen LogP contribution >= 0.6 is 0 Å². The lowest BCUT2D eigenvalue weighted by molar-refractivity contribution is -0.384. The van der Waals surface area contributed by atoms with Gasteiger partial charge in [-0.15, -0.1) is 0 Å². The second-order valence-corrected chi connectivity index (χ2v) is 11.5. The average Bonchev–Trinajstić information content (AvgIpc) is 3.51. The van der Waals surface area contributed by atoms with Gasteiger partial charge in [0, 0.05) is 12.1 Å². The molecule has 3 atom stereocenters. The number of sulfonamides is 1. The maximum atomic E-state index is 13.6. The summed E-state index contributed by atoms with van der Waals surface area (Å²) in [4.78, 5) is 10.5. The van der Waals surface area contributed by atoms with Gasteiger partial charge in [-0.1, -0.05) is 72.8 Å². The van der Waals surface area contributed by atoms with Crippen LogP contribution < -0.4 is 0 Å². The number of benzene rings is 3. The fourth-order valence-corrected chi connectivity index (χ4v) is 7.14. The van der Waals surface area contributed by atoms with Crippen LogP contribution in [0.25, 0.3) is 0 Å². The molecule has 2 fully saturated rings. The normalized spacial score (nSPS) is 25.7. The molecule has 0 spiro atoms. The molecule has 0 aromatic heterocycles. The lowest BCUT2D eigenvalue weighted by Gasteiger charge is -2.31. The van der Waals surface area contributed by atoms with Crippen LogP contribution in [0.5, 0.6) is 0 Å². The van der Waals surface area contributed by atoms with Crippen LogP contribution in [0, 0.1) is 16.0 Å². The molecule has 0 N–H and O–H groups in total. The Labute approximate surface area is 211 Å². The van der Waals surface area contributed by atoms with Crippen molar-refractivity contribution in [3.8, 4) is 0 Å². The SMILES string of the molecule is CC1(C)OC[C@H](/C=C/C2[C@@H](c3ccccc3)[C@@H]2c2ccccc2)N1S(=O)(=O)c1ccc([N+](=O)[O-])cc1. The molecule has 0 amide bonds. The maximum Gasteiger partial charge on any atom is 0.269 e. The summed E-state index contributed by atoms with van der Waals surface area (Å²) in [7, 11) is -3.96. The highest BCUT2D eigenvalue weighted by molar-refractivity contribution is 7.89. The second kappa shape index (κ2) is 9.28. The summed E-state index contributed by atoms with van der Waals surface area (Å²) in [5.74, 6) is 0.877. The summed E-state index contributed by atoms with van der Waals surface area (Å²) >= 11 is 0. The molecular weight excluding hydrogens is 476 g/mol. The molecule has 8 heteroatoms. The third-order valence-electron chi connectivity index (χ3n) is 7.04. The Morgan fingerprint density at radius 2 is 1.42 bits per heavy atom. The lowest BCUT2D eigenvalue weighted by Crippen LogP contribution is -2.47. The van der Waals surface area contributed by atoms with E-state index in [1.165, 1.54) is 39.7 Å². The highest BCUT2D eigenvalue weighted by atomic mass is 32.2. The van der Waals surface area contributed by atoms with E-state index in [9.17, 15) is 18.5 Å². The van der Waals surface area contributed by atoms with E-state index in [0.29, 0.717) is 11.8 Å². The third-order valence-corrected chi connectivity index (χ3v) is 9.14. The number of ether oxygens (including phenoxy) is 1. The Hall–Kier alpha value is -3.33. The van der Waals surface area contributed by atoms with Gasteiger partial charge in [0.25, 0.3) is 5.69 Å². The van der Waals surface area contributed by atoms with Gasteiger partial charge in [-0.25, -0.2) is 8.42 Å². The molecule has 2 aliphatic rings. The summed E-state index contributed by atoms with van der Waals surface area (Å²) in [6.45, 7) is 3.68. The quantitative estimate of drug-likeness (QED) is 0.242. The van der Waals surface area contributed by atoms with Crippen molar-refractivity contribution in [2.75, 3.05) is 6.61 Å². The number of hydrogen-bond donors (Lipinski definition) is 0. The largest absolute Gasteiger partial charge is 0.358 e. The fraction of sp³-hybridized carbons (Fsp3) is 0.286. The predicted octanol–water partition coefficient (Wildman–Crippen LogP) is 5.47. The van der Waals surface area contributed by atoms with Crippen molar-refractivity contribution in [1.82, 2.24) is 4.31 Å². The molecule has 0 unspecified atom stereocenters. The van der Waals surface area contributed by atoms with Crippen LogP contribution in [0.4, 0.5) is 5.69 Å². The van der Waals surface area contributed by atoms with Crippen LogP contribution in [-0.2, 0) is 14.8 Å². The second-order valence-electron chi connectivity index (χ2n) is 9.71. The first-order valence-corrected chi connectivity index (χ1v) is 13.4. The number of non-ortho nitro benzene ring substituents is 1. The van der Waals surface area contributed by atoms with E-state index in [2.05, 4.69) is 30.3 Å². The minimum Gasteiger partial charge on any atom is -0.358 e. The number of nitro benzene ring substituents is 1. The molecule has 7 nitrogen and oxygen atoms in total. The van der Waals surface area contributed by atoms with Gasteiger partial charge >= 0.3 is 0 Å². The Morgan fingerprint density at radius 1 is 0.889 bits per heavy atom. The molecule has 5 rings (SSSR count). The molecule has 36 heavy (non-hydrogen) atoms. The maximum absolute atomic E-state index is 13.6. The van der Waals surface area contributed by atoms with Crippen LogP contribution in [0.1, 0.15) is 36.8 Å². The summed E-state index contributed by atoms with van der Waals surface area (Å²) in [5, 5.41) is 11.0. The summed E-state index contributed by atoms with van der Waals surface area (Å²) in [6, 6.07) is 25.2. The molecule has 1 saturated carbocycles. The molecule has 1 heterocycles. The van der Waals surface area contributed by atoms with Crippen molar-refractivity contribution < 1.29 is 18.1 Å². The molecule has 1 aliphatic heterocycles. The van der Waals surface area contributed by atoms with E-state index in [1.54, 1.807) is 13.8 Å². The lowest BCUT2D eigenvalue weighted by atomic mass is 10.0. The van der Waals surface area contributed by atoms with Crippen LogP contribution in [0.3, 0.4) is 0 Å². The first-order chi connectivity index (χ1) is 17.2. The zero-order valence-corrected chi connectivity index (χ0v) is 20.9. The van der Waals surface area contributed by atoms with E-state index in [-0.39, 0.29) is 23.1 Å². The first kappa shape index (κ1) is 24.4. The Bertz CT molecular complexity index is 1330. The fourth-order valence-electron chi connectivity index (χ4n) is 5.31. The zero-order valence-electron chi connectivity index (χ0n) is 20.1. The Balaban J connectivity index is 1.43. The van der Waals surface area contributed by atoms with Gasteiger partial charge in [0.05, 0.1) is 22.5 Å². The molecule has 186 valence electrons.